The molecule has 2 rings (SSSR count). The molecule has 104 valence electrons. The zero-order valence-electron chi connectivity index (χ0n) is 10.7. The normalized spacial score (nSPS) is 11.0. The number of allylic oxidation sites excluding steroid dienone is 1. The number of nitriles is 1. The number of aromatic carboxylic acids is 1. The van der Waals surface area contributed by atoms with Crippen molar-refractivity contribution in [3.63, 3.8) is 0 Å². The lowest BCUT2D eigenvalue weighted by Crippen LogP contribution is -1.95. The summed E-state index contributed by atoms with van der Waals surface area (Å²) in [6.07, 6.45) is 1.34. The summed E-state index contributed by atoms with van der Waals surface area (Å²) in [7, 11) is 0. The van der Waals surface area contributed by atoms with Crippen LogP contribution < -0.4 is 0 Å². The molecule has 2 aromatic carbocycles. The van der Waals surface area contributed by atoms with Crippen molar-refractivity contribution >= 4 is 29.2 Å². The van der Waals surface area contributed by atoms with Gasteiger partial charge in [-0.25, -0.2) is 9.18 Å². The molecular formula is C16H9ClFNO2. The minimum absolute atomic E-state index is 0.111. The monoisotopic (exact) mass is 301 g/mol. The van der Waals surface area contributed by atoms with Crippen molar-refractivity contribution < 1.29 is 14.3 Å². The van der Waals surface area contributed by atoms with E-state index in [0.29, 0.717) is 5.56 Å². The molecule has 0 aromatic heterocycles. The highest BCUT2D eigenvalue weighted by atomic mass is 35.5. The lowest BCUT2D eigenvalue weighted by molar-refractivity contribution is 0.0697. The molecule has 3 nitrogen and oxygen atoms in total. The molecule has 0 fully saturated rings. The Kier molecular flexibility index (Phi) is 4.36. The van der Waals surface area contributed by atoms with Gasteiger partial charge in [0.15, 0.2) is 0 Å². The SMILES string of the molecule is N#CC(=Cc1c(F)cccc1Cl)c1ccc(C(=O)O)cc1. The van der Waals surface area contributed by atoms with Crippen molar-refractivity contribution in [3.05, 3.63) is 70.0 Å². The fourth-order valence-electron chi connectivity index (χ4n) is 1.77. The number of hydrogen-bond acceptors (Lipinski definition) is 2. The Hall–Kier alpha value is -2.64. The van der Waals surface area contributed by atoms with E-state index in [1.165, 1.54) is 48.5 Å². The van der Waals surface area contributed by atoms with Crippen LogP contribution in [0.5, 0.6) is 0 Å². The molecule has 0 heterocycles. The van der Waals surface area contributed by atoms with Crippen LogP contribution in [0.2, 0.25) is 5.02 Å². The minimum atomic E-state index is -1.05. The molecule has 1 N–H and O–H groups in total. The van der Waals surface area contributed by atoms with Gasteiger partial charge in [-0.1, -0.05) is 29.8 Å². The number of carboxylic acids is 1. The number of carboxylic acid groups (broad SMARTS) is 1. The van der Waals surface area contributed by atoms with Crippen LogP contribution in [-0.4, -0.2) is 11.1 Å². The predicted molar refractivity (Wildman–Crippen MR) is 78.3 cm³/mol. The molecule has 0 aliphatic rings. The molecule has 5 heteroatoms. The van der Waals surface area contributed by atoms with Crippen LogP contribution in [-0.2, 0) is 0 Å². The van der Waals surface area contributed by atoms with E-state index in [9.17, 15) is 14.4 Å². The van der Waals surface area contributed by atoms with Crippen molar-refractivity contribution in [3.8, 4) is 6.07 Å². The lowest BCUT2D eigenvalue weighted by atomic mass is 10.0. The Morgan fingerprint density at radius 3 is 2.33 bits per heavy atom. The van der Waals surface area contributed by atoms with Crippen LogP contribution in [0.4, 0.5) is 4.39 Å². The van der Waals surface area contributed by atoms with Gasteiger partial charge in [0.25, 0.3) is 0 Å². The third-order valence-corrected chi connectivity index (χ3v) is 3.18. The molecule has 0 unspecified atom stereocenters. The largest absolute Gasteiger partial charge is 0.478 e. The average molecular weight is 302 g/mol. The zero-order valence-corrected chi connectivity index (χ0v) is 11.4. The van der Waals surface area contributed by atoms with E-state index in [-0.39, 0.29) is 21.7 Å². The van der Waals surface area contributed by atoms with Gasteiger partial charge in [0.05, 0.1) is 22.2 Å². The summed E-state index contributed by atoms with van der Waals surface area (Å²) in [5, 5.41) is 18.2. The second-order valence-corrected chi connectivity index (χ2v) is 4.59. The Morgan fingerprint density at radius 2 is 1.81 bits per heavy atom. The quantitative estimate of drug-likeness (QED) is 0.681. The van der Waals surface area contributed by atoms with E-state index in [2.05, 4.69) is 0 Å². The third kappa shape index (κ3) is 3.28. The molecule has 2 aromatic rings. The first-order valence-electron chi connectivity index (χ1n) is 5.92. The predicted octanol–water partition coefficient (Wildman–Crippen LogP) is 4.24. The summed E-state index contributed by atoms with van der Waals surface area (Å²) >= 11 is 5.91. The molecular weight excluding hydrogens is 293 g/mol. The number of hydrogen-bond donors (Lipinski definition) is 1. The van der Waals surface area contributed by atoms with Gasteiger partial charge in [0.1, 0.15) is 5.82 Å². The van der Waals surface area contributed by atoms with Crippen molar-refractivity contribution in [2.24, 2.45) is 0 Å². The molecule has 0 saturated heterocycles. The van der Waals surface area contributed by atoms with Gasteiger partial charge >= 0.3 is 5.97 Å². The highest BCUT2D eigenvalue weighted by Gasteiger charge is 2.09. The van der Waals surface area contributed by atoms with E-state index >= 15 is 0 Å². The Labute approximate surface area is 125 Å². The topological polar surface area (TPSA) is 61.1 Å². The lowest BCUT2D eigenvalue weighted by Gasteiger charge is -2.03. The second kappa shape index (κ2) is 6.21. The maximum absolute atomic E-state index is 13.7. The number of carbonyl (C=O) groups is 1. The summed E-state index contributed by atoms with van der Waals surface area (Å²) < 4.78 is 13.7. The molecule has 0 spiro atoms. The third-order valence-electron chi connectivity index (χ3n) is 2.85. The zero-order chi connectivity index (χ0) is 15.4. The molecule has 0 bridgehead atoms. The Bertz CT molecular complexity index is 741. The van der Waals surface area contributed by atoms with Crippen LogP contribution in [0.1, 0.15) is 21.5 Å². The number of nitrogens with zero attached hydrogens (tertiary/aromatic N) is 1. The van der Waals surface area contributed by atoms with Crippen LogP contribution >= 0.6 is 11.6 Å². The molecule has 0 saturated carbocycles. The van der Waals surface area contributed by atoms with E-state index in [1.54, 1.807) is 0 Å². The molecule has 21 heavy (non-hydrogen) atoms. The summed E-state index contributed by atoms with van der Waals surface area (Å²) in [5.74, 6) is -1.58. The first kappa shape index (κ1) is 14.8. The second-order valence-electron chi connectivity index (χ2n) is 4.19. The maximum Gasteiger partial charge on any atom is 0.335 e. The van der Waals surface area contributed by atoms with E-state index < -0.39 is 11.8 Å². The van der Waals surface area contributed by atoms with Crippen LogP contribution in [0.25, 0.3) is 11.6 Å². The van der Waals surface area contributed by atoms with Crippen molar-refractivity contribution in [1.82, 2.24) is 0 Å². The molecule has 0 aliphatic carbocycles. The van der Waals surface area contributed by atoms with Crippen molar-refractivity contribution in [1.29, 1.82) is 5.26 Å². The van der Waals surface area contributed by atoms with Gasteiger partial charge in [-0.2, -0.15) is 5.26 Å². The fraction of sp³-hybridized carbons (Fsp3) is 0. The van der Waals surface area contributed by atoms with Gasteiger partial charge < -0.3 is 5.11 Å². The summed E-state index contributed by atoms with van der Waals surface area (Å²) in [6.45, 7) is 0. The van der Waals surface area contributed by atoms with Gasteiger partial charge in [0, 0.05) is 5.56 Å². The minimum Gasteiger partial charge on any atom is -0.478 e. The number of benzene rings is 2. The van der Waals surface area contributed by atoms with E-state index in [0.717, 1.165) is 0 Å². The maximum atomic E-state index is 13.7. The van der Waals surface area contributed by atoms with Gasteiger partial charge in [-0.05, 0) is 35.9 Å². The summed E-state index contributed by atoms with van der Waals surface area (Å²) in [5.41, 5.74) is 0.916. The van der Waals surface area contributed by atoms with E-state index in [1.807, 2.05) is 6.07 Å². The Morgan fingerprint density at radius 1 is 1.19 bits per heavy atom. The number of rotatable bonds is 3. The highest BCUT2D eigenvalue weighted by Crippen LogP contribution is 2.25. The first-order valence-corrected chi connectivity index (χ1v) is 6.30. The van der Waals surface area contributed by atoms with Crippen molar-refractivity contribution in [2.75, 3.05) is 0 Å². The highest BCUT2D eigenvalue weighted by molar-refractivity contribution is 6.32. The van der Waals surface area contributed by atoms with Gasteiger partial charge in [-0.3, -0.25) is 0 Å². The van der Waals surface area contributed by atoms with Gasteiger partial charge in [-0.15, -0.1) is 0 Å². The van der Waals surface area contributed by atoms with Crippen LogP contribution in [0.15, 0.2) is 42.5 Å². The molecule has 0 aliphatic heterocycles. The molecule has 0 atom stereocenters. The standard InChI is InChI=1S/C16H9ClFNO2/c17-14-2-1-3-15(18)13(14)8-12(9-19)10-4-6-11(7-5-10)16(20)21/h1-8H,(H,20,21). The van der Waals surface area contributed by atoms with Crippen LogP contribution in [0, 0.1) is 17.1 Å². The smallest absolute Gasteiger partial charge is 0.335 e. The van der Waals surface area contributed by atoms with Crippen LogP contribution in [0.3, 0.4) is 0 Å². The number of halogens is 2. The van der Waals surface area contributed by atoms with Crippen molar-refractivity contribution in [2.45, 2.75) is 0 Å². The Balaban J connectivity index is 2.47. The first-order chi connectivity index (χ1) is 10.0. The molecule has 0 amide bonds. The fourth-order valence-corrected chi connectivity index (χ4v) is 1.98. The summed E-state index contributed by atoms with van der Waals surface area (Å²) in [6, 6.07) is 12.0. The van der Waals surface area contributed by atoms with E-state index in [4.69, 9.17) is 16.7 Å². The van der Waals surface area contributed by atoms with Gasteiger partial charge in [0.2, 0.25) is 0 Å². The average Bonchev–Trinajstić information content (AvgIpc) is 2.47. The molecule has 0 radical (unpaired) electrons. The summed E-state index contributed by atoms with van der Waals surface area (Å²) in [4.78, 5) is 10.8.